The predicted molar refractivity (Wildman–Crippen MR) is 156 cm³/mol. The number of anilines is 2. The summed E-state index contributed by atoms with van der Waals surface area (Å²) in [7, 11) is 0. The Morgan fingerprint density at radius 2 is 1.59 bits per heavy atom. The molecule has 2 aromatic heterocycles. The number of fused-ring (bicyclic) bond motifs is 2. The molecule has 210 valence electrons. The summed E-state index contributed by atoms with van der Waals surface area (Å²) in [5, 5.41) is 6.83. The van der Waals surface area contributed by atoms with E-state index in [9.17, 15) is 14.4 Å². The van der Waals surface area contributed by atoms with E-state index >= 15 is 0 Å². The van der Waals surface area contributed by atoms with Crippen LogP contribution >= 0.6 is 0 Å². The molecule has 0 spiro atoms. The van der Waals surface area contributed by atoms with Gasteiger partial charge in [0.25, 0.3) is 11.8 Å². The molecule has 2 amide bonds. The summed E-state index contributed by atoms with van der Waals surface area (Å²) in [6.07, 6.45) is 1.93. The largest absolute Gasteiger partial charge is 0.494 e. The summed E-state index contributed by atoms with van der Waals surface area (Å²) in [4.78, 5) is 39.0. The maximum Gasteiger partial charge on any atom is 0.338 e. The molecule has 0 saturated heterocycles. The maximum atomic E-state index is 13.7. The van der Waals surface area contributed by atoms with Crippen LogP contribution in [0.4, 0.5) is 11.4 Å². The first-order valence-corrected chi connectivity index (χ1v) is 13.5. The number of esters is 1. The summed E-state index contributed by atoms with van der Waals surface area (Å²) in [5.74, 6) is -0.461. The van der Waals surface area contributed by atoms with Gasteiger partial charge in [0.05, 0.1) is 24.3 Å². The van der Waals surface area contributed by atoms with Gasteiger partial charge in [-0.15, -0.1) is 0 Å². The molecule has 0 bridgehead atoms. The van der Waals surface area contributed by atoms with Crippen LogP contribution in [0.5, 0.6) is 5.75 Å². The average molecular weight is 555 g/mol. The summed E-state index contributed by atoms with van der Waals surface area (Å²) in [6, 6.07) is 18.7. The number of para-hydroxylation sites is 1. The Morgan fingerprint density at radius 1 is 0.829 bits per heavy atom. The molecule has 9 heteroatoms. The summed E-state index contributed by atoms with van der Waals surface area (Å²) in [5.41, 5.74) is 2.36. The van der Waals surface area contributed by atoms with Crippen molar-refractivity contribution >= 4 is 51.1 Å². The van der Waals surface area contributed by atoms with Crippen LogP contribution in [-0.4, -0.2) is 31.0 Å². The minimum absolute atomic E-state index is 0.0666. The lowest BCUT2D eigenvalue weighted by Crippen LogP contribution is -2.17. The fourth-order valence-electron chi connectivity index (χ4n) is 4.50. The van der Waals surface area contributed by atoms with Crippen LogP contribution in [0.15, 0.2) is 75.6 Å². The highest BCUT2D eigenvalue weighted by Gasteiger charge is 2.26. The number of rotatable bonds is 10. The number of amides is 2. The normalized spacial score (nSPS) is 11.0. The molecule has 5 rings (SSSR count). The first-order valence-electron chi connectivity index (χ1n) is 13.5. The van der Waals surface area contributed by atoms with Crippen molar-refractivity contribution in [3.05, 3.63) is 89.4 Å². The number of furan rings is 2. The first-order chi connectivity index (χ1) is 19.9. The molecule has 5 aromatic rings. The number of hydrogen-bond acceptors (Lipinski definition) is 7. The molecule has 0 radical (unpaired) electrons. The first kappa shape index (κ1) is 27.5. The second-order valence-corrected chi connectivity index (χ2v) is 9.40. The molecule has 0 unspecified atom stereocenters. The second-order valence-electron chi connectivity index (χ2n) is 9.40. The van der Waals surface area contributed by atoms with E-state index in [1.165, 1.54) is 0 Å². The third-order valence-corrected chi connectivity index (χ3v) is 6.52. The molecule has 2 N–H and O–H groups in total. The van der Waals surface area contributed by atoms with E-state index in [0.717, 1.165) is 12.8 Å². The average Bonchev–Trinajstić information content (AvgIpc) is 3.50. The number of carbonyl (C=O) groups is 3. The van der Waals surface area contributed by atoms with Crippen LogP contribution in [0, 0.1) is 6.92 Å². The van der Waals surface area contributed by atoms with Crippen molar-refractivity contribution in [1.82, 2.24) is 0 Å². The Hall–Kier alpha value is -5.05. The molecular weight excluding hydrogens is 524 g/mol. The highest BCUT2D eigenvalue weighted by atomic mass is 16.5. The molecule has 0 aliphatic heterocycles. The zero-order valence-electron chi connectivity index (χ0n) is 23.0. The lowest BCUT2D eigenvalue weighted by molar-refractivity contribution is 0.0526. The molecule has 41 heavy (non-hydrogen) atoms. The number of ether oxygens (including phenoxy) is 2. The molecule has 0 aliphatic carbocycles. The number of aryl methyl sites for hydroxylation is 1. The predicted octanol–water partition coefficient (Wildman–Crippen LogP) is 7.35. The van der Waals surface area contributed by atoms with Crippen molar-refractivity contribution in [1.29, 1.82) is 0 Å². The van der Waals surface area contributed by atoms with Crippen molar-refractivity contribution in [3.8, 4) is 5.75 Å². The molecule has 0 atom stereocenters. The Labute approximate surface area is 236 Å². The van der Waals surface area contributed by atoms with Crippen LogP contribution in [-0.2, 0) is 4.74 Å². The highest BCUT2D eigenvalue weighted by molar-refractivity contribution is 6.19. The summed E-state index contributed by atoms with van der Waals surface area (Å²) < 4.78 is 22.6. The topological polar surface area (TPSA) is 120 Å². The molecule has 3 aromatic carbocycles. The summed E-state index contributed by atoms with van der Waals surface area (Å²) in [6.45, 7) is 6.37. The number of unbranched alkanes of at least 4 members (excludes halogenated alkanes) is 1. The van der Waals surface area contributed by atoms with Crippen molar-refractivity contribution in [2.45, 2.75) is 33.6 Å². The van der Waals surface area contributed by atoms with Crippen molar-refractivity contribution in [2.24, 2.45) is 0 Å². The fraction of sp³-hybridized carbons (Fsp3) is 0.219. The fourth-order valence-corrected chi connectivity index (χ4v) is 4.50. The Balaban J connectivity index is 1.44. The van der Waals surface area contributed by atoms with Gasteiger partial charge in [0, 0.05) is 16.5 Å². The molecule has 0 saturated carbocycles. The van der Waals surface area contributed by atoms with Gasteiger partial charge < -0.3 is 28.9 Å². The standard InChI is InChI=1S/C32H30N2O7/c1-4-6-17-39-22-15-16-26-24(18-22)27(19(3)40-26)30(35)34-28-23-9-7-8-10-25(23)41-29(28)31(36)33-21-13-11-20(12-14-21)32(37)38-5-2/h7-16,18H,4-6,17H2,1-3H3,(H,33,36)(H,34,35). The molecule has 0 aliphatic rings. The zero-order valence-corrected chi connectivity index (χ0v) is 23.0. The Bertz CT molecular complexity index is 1730. The second kappa shape index (κ2) is 12.0. The van der Waals surface area contributed by atoms with Gasteiger partial charge in [-0.25, -0.2) is 4.79 Å². The molecule has 2 heterocycles. The highest BCUT2D eigenvalue weighted by Crippen LogP contribution is 2.34. The van der Waals surface area contributed by atoms with Gasteiger partial charge in [0.2, 0.25) is 5.76 Å². The van der Waals surface area contributed by atoms with Gasteiger partial charge in [-0.1, -0.05) is 25.5 Å². The van der Waals surface area contributed by atoms with E-state index in [-0.39, 0.29) is 18.1 Å². The van der Waals surface area contributed by atoms with Gasteiger partial charge in [-0.05, 0) is 74.9 Å². The summed E-state index contributed by atoms with van der Waals surface area (Å²) >= 11 is 0. The minimum atomic E-state index is -0.569. The minimum Gasteiger partial charge on any atom is -0.494 e. The Morgan fingerprint density at radius 3 is 2.34 bits per heavy atom. The lowest BCUT2D eigenvalue weighted by atomic mass is 10.1. The Kier molecular flexibility index (Phi) is 8.05. The van der Waals surface area contributed by atoms with Gasteiger partial charge >= 0.3 is 5.97 Å². The van der Waals surface area contributed by atoms with E-state index < -0.39 is 17.8 Å². The van der Waals surface area contributed by atoms with Gasteiger partial charge in [-0.3, -0.25) is 9.59 Å². The number of carbonyl (C=O) groups excluding carboxylic acids is 3. The quantitative estimate of drug-likeness (QED) is 0.137. The van der Waals surface area contributed by atoms with Crippen molar-refractivity contribution in [2.75, 3.05) is 23.8 Å². The van der Waals surface area contributed by atoms with Gasteiger partial charge in [-0.2, -0.15) is 0 Å². The third-order valence-electron chi connectivity index (χ3n) is 6.52. The van der Waals surface area contributed by atoms with Gasteiger partial charge in [0.15, 0.2) is 0 Å². The van der Waals surface area contributed by atoms with E-state index in [1.54, 1.807) is 74.5 Å². The van der Waals surface area contributed by atoms with Crippen molar-refractivity contribution in [3.63, 3.8) is 0 Å². The smallest absolute Gasteiger partial charge is 0.338 e. The van der Waals surface area contributed by atoms with E-state index in [4.69, 9.17) is 18.3 Å². The number of hydrogen-bond donors (Lipinski definition) is 2. The zero-order chi connectivity index (χ0) is 28.9. The van der Waals surface area contributed by atoms with Crippen molar-refractivity contribution < 1.29 is 32.7 Å². The van der Waals surface area contributed by atoms with E-state index in [0.29, 0.717) is 56.9 Å². The van der Waals surface area contributed by atoms with Crippen LogP contribution in [0.25, 0.3) is 21.9 Å². The molecular formula is C32H30N2O7. The van der Waals surface area contributed by atoms with Gasteiger partial charge in [0.1, 0.15) is 28.4 Å². The van der Waals surface area contributed by atoms with Crippen LogP contribution in [0.3, 0.4) is 0 Å². The molecule has 9 nitrogen and oxygen atoms in total. The third kappa shape index (κ3) is 5.79. The maximum absolute atomic E-state index is 13.7. The van der Waals surface area contributed by atoms with Crippen LogP contribution in [0.1, 0.15) is 63.7 Å². The lowest BCUT2D eigenvalue weighted by Gasteiger charge is -2.09. The van der Waals surface area contributed by atoms with Crippen LogP contribution in [0.2, 0.25) is 0 Å². The monoisotopic (exact) mass is 554 g/mol. The van der Waals surface area contributed by atoms with E-state index in [1.807, 2.05) is 6.07 Å². The van der Waals surface area contributed by atoms with E-state index in [2.05, 4.69) is 17.6 Å². The number of nitrogens with one attached hydrogen (secondary N) is 2. The van der Waals surface area contributed by atoms with Crippen LogP contribution < -0.4 is 15.4 Å². The number of benzene rings is 3. The molecule has 0 fully saturated rings. The SMILES string of the molecule is CCCCOc1ccc2oc(C)c(C(=O)Nc3c(C(=O)Nc4ccc(C(=O)OCC)cc4)oc4ccccc34)c2c1.